The van der Waals surface area contributed by atoms with Crippen LogP contribution in [0.1, 0.15) is 31.2 Å². The van der Waals surface area contributed by atoms with Gasteiger partial charge >= 0.3 is 6.01 Å². The SMILES string of the molecule is CCCCS(=O)(=O)Cc1nc(Oc2c(F)cccc2Cl)nc(-c2cc(C)c(=O)n(C)c2)n1. The van der Waals surface area contributed by atoms with Crippen LogP contribution in [-0.4, -0.2) is 33.7 Å². The molecule has 0 amide bonds. The molecule has 2 aromatic heterocycles. The monoisotopic (exact) mass is 480 g/mol. The van der Waals surface area contributed by atoms with Crippen LogP contribution < -0.4 is 10.3 Å². The van der Waals surface area contributed by atoms with Crippen molar-refractivity contribution in [3.05, 3.63) is 63.0 Å². The van der Waals surface area contributed by atoms with Crippen molar-refractivity contribution in [2.24, 2.45) is 7.05 Å². The van der Waals surface area contributed by atoms with Crippen molar-refractivity contribution >= 4 is 21.4 Å². The van der Waals surface area contributed by atoms with E-state index in [1.165, 1.54) is 22.9 Å². The van der Waals surface area contributed by atoms with Crippen LogP contribution in [0.15, 0.2) is 35.3 Å². The summed E-state index contributed by atoms with van der Waals surface area (Å²) in [4.78, 5) is 24.6. The summed E-state index contributed by atoms with van der Waals surface area (Å²) in [5.74, 6) is -1.44. The third-order valence-corrected chi connectivity index (χ3v) is 6.46. The van der Waals surface area contributed by atoms with E-state index >= 15 is 0 Å². The number of rotatable bonds is 8. The average Bonchev–Trinajstić information content (AvgIpc) is 2.72. The Hall–Kier alpha value is -2.85. The lowest BCUT2D eigenvalue weighted by molar-refractivity contribution is 0.408. The van der Waals surface area contributed by atoms with Gasteiger partial charge in [-0.25, -0.2) is 17.8 Å². The van der Waals surface area contributed by atoms with E-state index in [1.807, 2.05) is 6.92 Å². The second-order valence-electron chi connectivity index (χ2n) is 7.28. The summed E-state index contributed by atoms with van der Waals surface area (Å²) in [6, 6.07) is 5.29. The number of sulfone groups is 1. The number of aryl methyl sites for hydroxylation is 2. The summed E-state index contributed by atoms with van der Waals surface area (Å²) < 4.78 is 46.0. The van der Waals surface area contributed by atoms with Crippen molar-refractivity contribution in [1.82, 2.24) is 19.5 Å². The molecule has 3 aromatic rings. The molecule has 0 aliphatic carbocycles. The Labute approximate surface area is 190 Å². The van der Waals surface area contributed by atoms with Crippen molar-refractivity contribution in [3.63, 3.8) is 0 Å². The second kappa shape index (κ2) is 9.74. The fraction of sp³-hybridized carbons (Fsp3) is 0.333. The van der Waals surface area contributed by atoms with Gasteiger partial charge in [0.05, 0.1) is 10.8 Å². The van der Waals surface area contributed by atoms with Crippen molar-refractivity contribution in [3.8, 4) is 23.1 Å². The molecular weight excluding hydrogens is 459 g/mol. The van der Waals surface area contributed by atoms with E-state index in [4.69, 9.17) is 16.3 Å². The van der Waals surface area contributed by atoms with Crippen molar-refractivity contribution in [2.75, 3.05) is 5.75 Å². The number of hydrogen-bond acceptors (Lipinski definition) is 7. The average molecular weight is 481 g/mol. The topological polar surface area (TPSA) is 104 Å². The first-order chi connectivity index (χ1) is 15.1. The van der Waals surface area contributed by atoms with Gasteiger partial charge in [0, 0.05) is 24.4 Å². The number of nitrogens with zero attached hydrogens (tertiary/aromatic N) is 4. The molecule has 8 nitrogen and oxygen atoms in total. The molecule has 11 heteroatoms. The molecule has 3 rings (SSSR count). The Morgan fingerprint density at radius 1 is 1.22 bits per heavy atom. The van der Waals surface area contributed by atoms with Gasteiger partial charge in [-0.2, -0.15) is 9.97 Å². The fourth-order valence-corrected chi connectivity index (χ4v) is 4.54. The maximum absolute atomic E-state index is 14.2. The highest BCUT2D eigenvalue weighted by atomic mass is 35.5. The van der Waals surface area contributed by atoms with Crippen LogP contribution in [-0.2, 0) is 22.6 Å². The lowest BCUT2D eigenvalue weighted by Gasteiger charge is -2.11. The van der Waals surface area contributed by atoms with Crippen molar-refractivity contribution in [1.29, 1.82) is 0 Å². The van der Waals surface area contributed by atoms with Gasteiger partial charge in [-0.15, -0.1) is 0 Å². The van der Waals surface area contributed by atoms with Gasteiger partial charge in [0.1, 0.15) is 5.75 Å². The van der Waals surface area contributed by atoms with Crippen LogP contribution in [0.4, 0.5) is 4.39 Å². The number of ether oxygens (including phenoxy) is 1. The van der Waals surface area contributed by atoms with E-state index in [0.29, 0.717) is 17.5 Å². The third-order valence-electron chi connectivity index (χ3n) is 4.55. The smallest absolute Gasteiger partial charge is 0.325 e. The van der Waals surface area contributed by atoms with E-state index in [9.17, 15) is 17.6 Å². The predicted molar refractivity (Wildman–Crippen MR) is 119 cm³/mol. The number of benzene rings is 1. The molecule has 32 heavy (non-hydrogen) atoms. The Morgan fingerprint density at radius 3 is 2.62 bits per heavy atom. The standard InChI is InChI=1S/C21H22ClFN4O4S/c1-4-5-9-32(29,30)12-17-24-19(14-10-13(2)20(28)27(3)11-14)26-21(25-17)31-18-15(22)7-6-8-16(18)23/h6-8,10-11H,4-5,9,12H2,1-3H3. The minimum absolute atomic E-state index is 0.00188. The number of aromatic nitrogens is 4. The normalized spacial score (nSPS) is 11.5. The van der Waals surface area contributed by atoms with Gasteiger partial charge < -0.3 is 9.30 Å². The maximum Gasteiger partial charge on any atom is 0.325 e. The van der Waals surface area contributed by atoms with E-state index in [2.05, 4.69) is 15.0 Å². The molecule has 0 saturated heterocycles. The molecule has 2 heterocycles. The first-order valence-electron chi connectivity index (χ1n) is 9.84. The van der Waals surface area contributed by atoms with Gasteiger partial charge in [-0.3, -0.25) is 4.79 Å². The van der Waals surface area contributed by atoms with E-state index in [-0.39, 0.29) is 39.7 Å². The van der Waals surface area contributed by atoms with Gasteiger partial charge in [-0.05, 0) is 31.5 Å². The first kappa shape index (κ1) is 23.8. The summed E-state index contributed by atoms with van der Waals surface area (Å²) in [7, 11) is -1.91. The largest absolute Gasteiger partial charge is 0.419 e. The quantitative estimate of drug-likeness (QED) is 0.482. The molecule has 170 valence electrons. The minimum Gasteiger partial charge on any atom is -0.419 e. The fourth-order valence-electron chi connectivity index (χ4n) is 2.94. The van der Waals surface area contributed by atoms with E-state index in [1.54, 1.807) is 20.0 Å². The minimum atomic E-state index is -3.49. The lowest BCUT2D eigenvalue weighted by Crippen LogP contribution is -2.19. The van der Waals surface area contributed by atoms with Crippen LogP contribution in [0.3, 0.4) is 0 Å². The molecule has 0 fully saturated rings. The summed E-state index contributed by atoms with van der Waals surface area (Å²) in [6.45, 7) is 3.53. The van der Waals surface area contributed by atoms with Crippen LogP contribution >= 0.6 is 11.6 Å². The molecular formula is C21H22ClFN4O4S. The molecule has 0 atom stereocenters. The first-order valence-corrected chi connectivity index (χ1v) is 12.0. The molecule has 0 unspecified atom stereocenters. The third kappa shape index (κ3) is 5.68. The van der Waals surface area contributed by atoms with Crippen LogP contribution in [0.2, 0.25) is 5.02 Å². The summed E-state index contributed by atoms with van der Waals surface area (Å²) in [6.07, 6.45) is 2.74. The number of hydrogen-bond donors (Lipinski definition) is 0. The Balaban J connectivity index is 2.10. The summed E-state index contributed by atoms with van der Waals surface area (Å²) >= 11 is 6.03. The zero-order chi connectivity index (χ0) is 23.5. The maximum atomic E-state index is 14.2. The van der Waals surface area contributed by atoms with Crippen LogP contribution in [0.5, 0.6) is 11.8 Å². The number of halogens is 2. The Bertz CT molecular complexity index is 1270. The molecule has 0 bridgehead atoms. The predicted octanol–water partition coefficient (Wildman–Crippen LogP) is 3.85. The number of para-hydroxylation sites is 1. The van der Waals surface area contributed by atoms with Crippen LogP contribution in [0, 0.1) is 12.7 Å². The van der Waals surface area contributed by atoms with E-state index in [0.717, 1.165) is 12.5 Å². The van der Waals surface area contributed by atoms with E-state index < -0.39 is 21.4 Å². The molecule has 0 radical (unpaired) electrons. The summed E-state index contributed by atoms with van der Waals surface area (Å²) in [5, 5.41) is 0.00188. The van der Waals surface area contributed by atoms with Gasteiger partial charge in [-0.1, -0.05) is 31.0 Å². The number of unbranched alkanes of at least 4 members (excludes halogenated alkanes) is 1. The van der Waals surface area contributed by atoms with Gasteiger partial charge in [0.25, 0.3) is 5.56 Å². The van der Waals surface area contributed by atoms with Gasteiger partial charge in [0.15, 0.2) is 33.1 Å². The molecule has 1 aromatic carbocycles. The number of pyridine rings is 1. The van der Waals surface area contributed by atoms with Crippen molar-refractivity contribution < 1.29 is 17.5 Å². The van der Waals surface area contributed by atoms with Gasteiger partial charge in [0.2, 0.25) is 0 Å². The van der Waals surface area contributed by atoms with Crippen molar-refractivity contribution in [2.45, 2.75) is 32.4 Å². The zero-order valence-electron chi connectivity index (χ0n) is 17.8. The zero-order valence-corrected chi connectivity index (χ0v) is 19.4. The Morgan fingerprint density at radius 2 is 1.97 bits per heavy atom. The lowest BCUT2D eigenvalue weighted by atomic mass is 10.2. The van der Waals surface area contributed by atoms with Crippen LogP contribution in [0.25, 0.3) is 11.4 Å². The Kier molecular flexibility index (Phi) is 7.25. The highest BCUT2D eigenvalue weighted by Gasteiger charge is 2.19. The molecule has 0 aliphatic rings. The highest BCUT2D eigenvalue weighted by molar-refractivity contribution is 7.90. The summed E-state index contributed by atoms with van der Waals surface area (Å²) in [5.41, 5.74) is 0.700. The molecule has 0 aliphatic heterocycles. The highest BCUT2D eigenvalue weighted by Crippen LogP contribution is 2.31. The second-order valence-corrected chi connectivity index (χ2v) is 9.88. The molecule has 0 N–H and O–H groups in total. The molecule has 0 saturated carbocycles. The molecule has 0 spiro atoms.